The highest BCUT2D eigenvalue weighted by Gasteiger charge is 2.14. The lowest BCUT2D eigenvalue weighted by molar-refractivity contribution is -0.127. The fourth-order valence-electron chi connectivity index (χ4n) is 2.38. The van der Waals surface area contributed by atoms with Crippen molar-refractivity contribution in [3.8, 4) is 5.75 Å². The maximum atomic E-state index is 12.1. The van der Waals surface area contributed by atoms with Crippen LogP contribution in [0.4, 0.5) is 0 Å². The molecule has 0 saturated carbocycles. The van der Waals surface area contributed by atoms with Gasteiger partial charge in [-0.15, -0.1) is 0 Å². The van der Waals surface area contributed by atoms with Crippen LogP contribution in [-0.2, 0) is 11.2 Å². The van der Waals surface area contributed by atoms with E-state index in [1.54, 1.807) is 6.92 Å². The zero-order valence-corrected chi connectivity index (χ0v) is 13.4. The second kappa shape index (κ2) is 7.64. The summed E-state index contributed by atoms with van der Waals surface area (Å²) in [5.74, 6) is 0.651. The Morgan fingerprint density at radius 2 is 1.73 bits per heavy atom. The summed E-state index contributed by atoms with van der Waals surface area (Å²) in [5.41, 5.74) is 3.48. The van der Waals surface area contributed by atoms with E-state index in [0.29, 0.717) is 6.54 Å². The maximum Gasteiger partial charge on any atom is 0.260 e. The smallest absolute Gasteiger partial charge is 0.260 e. The van der Waals surface area contributed by atoms with Crippen LogP contribution in [0.1, 0.15) is 23.6 Å². The van der Waals surface area contributed by atoms with Crippen LogP contribution in [0, 0.1) is 13.8 Å². The van der Waals surface area contributed by atoms with Crippen molar-refractivity contribution >= 4 is 5.91 Å². The van der Waals surface area contributed by atoms with Gasteiger partial charge in [0, 0.05) is 6.54 Å². The van der Waals surface area contributed by atoms with Crippen molar-refractivity contribution in [3.63, 3.8) is 0 Å². The second-order valence-electron chi connectivity index (χ2n) is 5.61. The maximum absolute atomic E-state index is 12.1. The topological polar surface area (TPSA) is 38.3 Å². The number of benzene rings is 2. The summed E-state index contributed by atoms with van der Waals surface area (Å²) in [5, 5.41) is 2.92. The number of carbonyl (C=O) groups excluding carboxylic acids is 1. The van der Waals surface area contributed by atoms with Gasteiger partial charge in [-0.2, -0.15) is 0 Å². The SMILES string of the molecule is Cc1cc(C)cc(O[C@@H](C)C(=O)NCCc2ccccc2)c1. The van der Waals surface area contributed by atoms with E-state index in [4.69, 9.17) is 4.74 Å². The molecule has 0 unspecified atom stereocenters. The third-order valence-corrected chi connectivity index (χ3v) is 3.43. The zero-order chi connectivity index (χ0) is 15.9. The molecule has 0 spiro atoms. The molecule has 3 nitrogen and oxygen atoms in total. The van der Waals surface area contributed by atoms with E-state index in [1.165, 1.54) is 5.56 Å². The van der Waals surface area contributed by atoms with E-state index in [1.807, 2.05) is 44.2 Å². The van der Waals surface area contributed by atoms with Gasteiger partial charge >= 0.3 is 0 Å². The Morgan fingerprint density at radius 1 is 1.09 bits per heavy atom. The number of nitrogens with one attached hydrogen (secondary N) is 1. The molecule has 0 saturated heterocycles. The van der Waals surface area contributed by atoms with Gasteiger partial charge in [-0.1, -0.05) is 36.4 Å². The molecule has 0 aliphatic heterocycles. The zero-order valence-electron chi connectivity index (χ0n) is 13.4. The second-order valence-corrected chi connectivity index (χ2v) is 5.61. The standard InChI is InChI=1S/C19H23NO2/c1-14-11-15(2)13-18(12-14)22-16(3)19(21)20-10-9-17-7-5-4-6-8-17/h4-8,11-13,16H,9-10H2,1-3H3,(H,20,21)/t16-/m0/s1. The fourth-order valence-corrected chi connectivity index (χ4v) is 2.38. The number of hydrogen-bond acceptors (Lipinski definition) is 2. The highest BCUT2D eigenvalue weighted by Crippen LogP contribution is 2.17. The normalized spacial score (nSPS) is 11.8. The average Bonchev–Trinajstić information content (AvgIpc) is 2.47. The van der Waals surface area contributed by atoms with Crippen molar-refractivity contribution in [3.05, 3.63) is 65.2 Å². The molecular weight excluding hydrogens is 274 g/mol. The van der Waals surface area contributed by atoms with Gasteiger partial charge in [-0.25, -0.2) is 0 Å². The van der Waals surface area contributed by atoms with E-state index in [-0.39, 0.29) is 5.91 Å². The Balaban J connectivity index is 1.81. The van der Waals surface area contributed by atoms with Gasteiger partial charge in [-0.3, -0.25) is 4.79 Å². The number of rotatable bonds is 6. The molecule has 0 aromatic heterocycles. The van der Waals surface area contributed by atoms with Crippen LogP contribution >= 0.6 is 0 Å². The molecule has 0 fully saturated rings. The van der Waals surface area contributed by atoms with Crippen LogP contribution in [0.25, 0.3) is 0 Å². The van der Waals surface area contributed by atoms with E-state index in [0.717, 1.165) is 23.3 Å². The minimum Gasteiger partial charge on any atom is -0.481 e. The van der Waals surface area contributed by atoms with Crippen LogP contribution in [-0.4, -0.2) is 18.6 Å². The van der Waals surface area contributed by atoms with E-state index >= 15 is 0 Å². The Labute approximate surface area is 132 Å². The highest BCUT2D eigenvalue weighted by atomic mass is 16.5. The van der Waals surface area contributed by atoms with Crippen molar-refractivity contribution < 1.29 is 9.53 Å². The first-order chi connectivity index (χ1) is 10.5. The summed E-state index contributed by atoms with van der Waals surface area (Å²) >= 11 is 0. The molecule has 0 heterocycles. The molecule has 2 aromatic carbocycles. The Bertz CT molecular complexity index is 602. The minimum absolute atomic E-state index is 0.0879. The van der Waals surface area contributed by atoms with Crippen LogP contribution < -0.4 is 10.1 Å². The predicted octanol–water partition coefficient (Wildman–Crippen LogP) is 3.43. The van der Waals surface area contributed by atoms with Gasteiger partial charge in [0.2, 0.25) is 0 Å². The molecule has 3 heteroatoms. The van der Waals surface area contributed by atoms with Crippen molar-refractivity contribution in [2.24, 2.45) is 0 Å². The van der Waals surface area contributed by atoms with Crippen molar-refractivity contribution in [2.75, 3.05) is 6.54 Å². The number of amides is 1. The van der Waals surface area contributed by atoms with Crippen LogP contribution in [0.3, 0.4) is 0 Å². The van der Waals surface area contributed by atoms with Gasteiger partial charge in [-0.05, 0) is 56.0 Å². The molecule has 2 rings (SSSR count). The molecule has 0 aliphatic carbocycles. The number of ether oxygens (including phenoxy) is 1. The number of carbonyl (C=O) groups is 1. The van der Waals surface area contributed by atoms with Crippen LogP contribution in [0.5, 0.6) is 5.75 Å². The summed E-state index contributed by atoms with van der Waals surface area (Å²) in [7, 11) is 0. The first-order valence-corrected chi connectivity index (χ1v) is 7.61. The molecule has 1 N–H and O–H groups in total. The van der Waals surface area contributed by atoms with E-state index in [2.05, 4.69) is 23.5 Å². The quantitative estimate of drug-likeness (QED) is 0.887. The molecule has 1 amide bonds. The van der Waals surface area contributed by atoms with Crippen molar-refractivity contribution in [1.82, 2.24) is 5.32 Å². The van der Waals surface area contributed by atoms with Gasteiger partial charge in [0.15, 0.2) is 6.10 Å². The summed E-state index contributed by atoms with van der Waals surface area (Å²) in [4.78, 5) is 12.1. The molecule has 2 aromatic rings. The molecule has 22 heavy (non-hydrogen) atoms. The summed E-state index contributed by atoms with van der Waals surface area (Å²) in [6.45, 7) is 6.42. The summed E-state index contributed by atoms with van der Waals surface area (Å²) < 4.78 is 5.73. The van der Waals surface area contributed by atoms with E-state index < -0.39 is 6.10 Å². The van der Waals surface area contributed by atoms with Gasteiger partial charge < -0.3 is 10.1 Å². The number of aryl methyl sites for hydroxylation is 2. The van der Waals surface area contributed by atoms with E-state index in [9.17, 15) is 4.79 Å². The van der Waals surface area contributed by atoms with Crippen molar-refractivity contribution in [1.29, 1.82) is 0 Å². The third-order valence-electron chi connectivity index (χ3n) is 3.43. The fraction of sp³-hybridized carbons (Fsp3) is 0.316. The molecule has 116 valence electrons. The molecule has 0 radical (unpaired) electrons. The minimum atomic E-state index is -0.503. The highest BCUT2D eigenvalue weighted by molar-refractivity contribution is 5.80. The average molecular weight is 297 g/mol. The molecular formula is C19H23NO2. The predicted molar refractivity (Wildman–Crippen MR) is 89.2 cm³/mol. The third kappa shape index (κ3) is 4.92. The molecule has 0 bridgehead atoms. The first kappa shape index (κ1) is 16.1. The van der Waals surface area contributed by atoms with Gasteiger partial charge in [0.1, 0.15) is 5.75 Å². The first-order valence-electron chi connectivity index (χ1n) is 7.61. The molecule has 0 aliphatic rings. The summed E-state index contributed by atoms with van der Waals surface area (Å²) in [6.07, 6.45) is 0.319. The monoisotopic (exact) mass is 297 g/mol. The largest absolute Gasteiger partial charge is 0.481 e. The lowest BCUT2D eigenvalue weighted by Gasteiger charge is -2.15. The Kier molecular flexibility index (Phi) is 5.59. The van der Waals surface area contributed by atoms with Gasteiger partial charge in [0.25, 0.3) is 5.91 Å². The lowest BCUT2D eigenvalue weighted by atomic mass is 10.1. The Hall–Kier alpha value is -2.29. The van der Waals surface area contributed by atoms with Crippen molar-refractivity contribution in [2.45, 2.75) is 33.3 Å². The van der Waals surface area contributed by atoms with Crippen LogP contribution in [0.2, 0.25) is 0 Å². The summed E-state index contributed by atoms with van der Waals surface area (Å²) in [6, 6.07) is 16.1. The van der Waals surface area contributed by atoms with Gasteiger partial charge in [0.05, 0.1) is 0 Å². The lowest BCUT2D eigenvalue weighted by Crippen LogP contribution is -2.37. The Morgan fingerprint density at radius 3 is 2.36 bits per heavy atom. The van der Waals surface area contributed by atoms with Crippen LogP contribution in [0.15, 0.2) is 48.5 Å². The number of hydrogen-bond donors (Lipinski definition) is 1. The molecule has 1 atom stereocenters.